The number of nitrogens with zero attached hydrogens (tertiary/aromatic N) is 3. The molecule has 0 spiro atoms. The van der Waals surface area contributed by atoms with E-state index < -0.39 is 15.8 Å². The van der Waals surface area contributed by atoms with Crippen molar-refractivity contribution in [3.63, 3.8) is 0 Å². The van der Waals surface area contributed by atoms with Crippen LogP contribution in [-0.4, -0.2) is 41.0 Å². The minimum atomic E-state index is -3.68. The first-order valence-corrected chi connectivity index (χ1v) is 9.44. The molecule has 0 amide bonds. The molecular weight excluding hydrogens is 347 g/mol. The summed E-state index contributed by atoms with van der Waals surface area (Å²) >= 11 is 0. The maximum atomic E-state index is 14.4. The maximum absolute atomic E-state index is 14.4. The Morgan fingerprint density at radius 2 is 1.92 bits per heavy atom. The number of benzene rings is 1. The molecule has 1 saturated heterocycles. The van der Waals surface area contributed by atoms with Crippen LogP contribution in [0.25, 0.3) is 22.4 Å². The predicted molar refractivity (Wildman–Crippen MR) is 89.0 cm³/mol. The second-order valence-electron chi connectivity index (χ2n) is 6.21. The van der Waals surface area contributed by atoms with Crippen molar-refractivity contribution in [2.24, 2.45) is 0 Å². The number of H-pyrrole nitrogens is 1. The monoisotopic (exact) mass is 364 g/mol. The normalized spacial score (nSPS) is 16.1. The highest BCUT2D eigenvalue weighted by atomic mass is 32.2. The second kappa shape index (κ2) is 5.63. The number of aromatic nitrogens is 3. The van der Waals surface area contributed by atoms with E-state index in [1.165, 1.54) is 16.4 Å². The Labute approximate surface area is 143 Å². The van der Waals surface area contributed by atoms with Gasteiger partial charge in [0.05, 0.1) is 11.1 Å². The van der Waals surface area contributed by atoms with E-state index in [2.05, 4.69) is 15.2 Å². The van der Waals surface area contributed by atoms with Crippen molar-refractivity contribution in [1.82, 2.24) is 19.5 Å². The van der Waals surface area contributed by atoms with Gasteiger partial charge in [-0.15, -0.1) is 10.2 Å². The molecular formula is C16H17FN4O3S. The average Bonchev–Trinajstić information content (AvgIpc) is 3.26. The fourth-order valence-corrected chi connectivity index (χ4v) is 4.77. The van der Waals surface area contributed by atoms with Crippen LogP contribution in [0.5, 0.6) is 0 Å². The Morgan fingerprint density at radius 3 is 2.56 bits per heavy atom. The molecule has 1 aliphatic rings. The van der Waals surface area contributed by atoms with Crippen molar-refractivity contribution in [2.75, 3.05) is 13.1 Å². The Bertz CT molecular complexity index is 1060. The number of halogens is 1. The Balaban J connectivity index is 1.95. The van der Waals surface area contributed by atoms with Crippen LogP contribution in [0.1, 0.15) is 24.3 Å². The second-order valence-corrected chi connectivity index (χ2v) is 8.12. The smallest absolute Gasteiger partial charge is 0.258 e. The van der Waals surface area contributed by atoms with Crippen LogP contribution in [0.4, 0.5) is 4.39 Å². The highest BCUT2D eigenvalue weighted by molar-refractivity contribution is 7.89. The van der Waals surface area contributed by atoms with Crippen LogP contribution in [-0.2, 0) is 10.0 Å². The molecule has 0 unspecified atom stereocenters. The molecule has 1 fully saturated rings. The number of hydrogen-bond acceptors (Lipinski definition) is 5. The minimum absolute atomic E-state index is 0.0219. The summed E-state index contributed by atoms with van der Waals surface area (Å²) < 4.78 is 46.9. The van der Waals surface area contributed by atoms with Crippen LogP contribution in [0.2, 0.25) is 0 Å². The molecule has 0 saturated carbocycles. The van der Waals surface area contributed by atoms with Gasteiger partial charge in [-0.1, -0.05) is 0 Å². The van der Waals surface area contributed by atoms with Gasteiger partial charge in [0.1, 0.15) is 10.8 Å². The third-order valence-electron chi connectivity index (χ3n) is 4.46. The van der Waals surface area contributed by atoms with Gasteiger partial charge in [0, 0.05) is 25.4 Å². The summed E-state index contributed by atoms with van der Waals surface area (Å²) in [6.45, 7) is 4.34. The van der Waals surface area contributed by atoms with Gasteiger partial charge in [-0.25, -0.2) is 12.8 Å². The number of sulfonamides is 1. The number of rotatable bonds is 3. The van der Waals surface area contributed by atoms with E-state index in [1.54, 1.807) is 13.8 Å². The molecule has 1 aromatic carbocycles. The first kappa shape index (κ1) is 16.2. The molecule has 9 heteroatoms. The van der Waals surface area contributed by atoms with E-state index in [1.807, 2.05) is 0 Å². The van der Waals surface area contributed by atoms with Crippen molar-refractivity contribution in [1.29, 1.82) is 0 Å². The largest absolute Gasteiger partial charge is 0.421 e. The summed E-state index contributed by atoms with van der Waals surface area (Å²) in [7, 11) is -3.68. The summed E-state index contributed by atoms with van der Waals surface area (Å²) in [5.74, 6) is 0.104. The fraction of sp³-hybridized carbons (Fsp3) is 0.375. The first-order valence-electron chi connectivity index (χ1n) is 8.00. The van der Waals surface area contributed by atoms with Gasteiger partial charge < -0.3 is 9.40 Å². The molecule has 132 valence electrons. The molecule has 25 heavy (non-hydrogen) atoms. The average molecular weight is 364 g/mol. The summed E-state index contributed by atoms with van der Waals surface area (Å²) in [6.07, 6.45) is 1.67. The Hall–Kier alpha value is -2.26. The number of aromatic amines is 1. The molecule has 0 atom stereocenters. The third-order valence-corrected chi connectivity index (χ3v) is 6.28. The number of nitrogens with one attached hydrogen (secondary N) is 1. The van der Waals surface area contributed by atoms with Crippen molar-refractivity contribution < 1.29 is 17.2 Å². The lowest BCUT2D eigenvalue weighted by Crippen LogP contribution is -2.28. The SMILES string of the molecule is Cc1nnc(-c2c(C)cc(F)c3[nH]c(S(=O)(=O)N4CCCC4)cc23)o1. The molecule has 4 rings (SSSR count). The molecule has 3 heterocycles. The molecule has 7 nitrogen and oxygen atoms in total. The van der Waals surface area contributed by atoms with Crippen molar-refractivity contribution in [3.05, 3.63) is 29.4 Å². The Kier molecular flexibility index (Phi) is 3.66. The highest BCUT2D eigenvalue weighted by Gasteiger charge is 2.30. The summed E-state index contributed by atoms with van der Waals surface area (Å²) in [5.41, 5.74) is 1.25. The maximum Gasteiger partial charge on any atom is 0.258 e. The lowest BCUT2D eigenvalue weighted by molar-refractivity contribution is 0.475. The number of fused-ring (bicyclic) bond motifs is 1. The number of hydrogen-bond donors (Lipinski definition) is 1. The van der Waals surface area contributed by atoms with Crippen molar-refractivity contribution >= 4 is 20.9 Å². The molecule has 1 N–H and O–H groups in total. The van der Waals surface area contributed by atoms with Crippen LogP contribution in [0.3, 0.4) is 0 Å². The van der Waals surface area contributed by atoms with Crippen LogP contribution in [0, 0.1) is 19.7 Å². The van der Waals surface area contributed by atoms with Gasteiger partial charge in [-0.3, -0.25) is 0 Å². The summed E-state index contributed by atoms with van der Waals surface area (Å²) in [5, 5.41) is 8.19. The van der Waals surface area contributed by atoms with Crippen LogP contribution < -0.4 is 0 Å². The van der Waals surface area contributed by atoms with Gasteiger partial charge >= 0.3 is 0 Å². The zero-order valence-electron chi connectivity index (χ0n) is 13.8. The number of aryl methyl sites for hydroxylation is 2. The lowest BCUT2D eigenvalue weighted by atomic mass is 10.0. The lowest BCUT2D eigenvalue weighted by Gasteiger charge is -2.13. The molecule has 1 aliphatic heterocycles. The molecule has 0 radical (unpaired) electrons. The van der Waals surface area contributed by atoms with Gasteiger partial charge in [-0.05, 0) is 37.5 Å². The highest BCUT2D eigenvalue weighted by Crippen LogP contribution is 2.35. The quantitative estimate of drug-likeness (QED) is 0.771. The molecule has 0 aliphatic carbocycles. The molecule has 3 aromatic rings. The molecule has 2 aromatic heterocycles. The summed E-state index contributed by atoms with van der Waals surface area (Å²) in [6, 6.07) is 2.79. The standard InChI is InChI=1S/C16H17FN4O3S/c1-9-7-12(17)15-11(14(9)16-20-19-10(2)24-16)8-13(18-15)25(22,23)21-5-3-4-6-21/h7-8,18H,3-6H2,1-2H3. The van der Waals surface area contributed by atoms with Gasteiger partial charge in [-0.2, -0.15) is 4.31 Å². The molecule has 0 bridgehead atoms. The van der Waals surface area contributed by atoms with E-state index in [0.29, 0.717) is 35.5 Å². The third kappa shape index (κ3) is 2.54. The Morgan fingerprint density at radius 1 is 1.20 bits per heavy atom. The van der Waals surface area contributed by atoms with E-state index in [4.69, 9.17) is 4.42 Å². The van der Waals surface area contributed by atoms with E-state index in [9.17, 15) is 12.8 Å². The minimum Gasteiger partial charge on any atom is -0.421 e. The van der Waals surface area contributed by atoms with Crippen molar-refractivity contribution in [2.45, 2.75) is 31.7 Å². The fourth-order valence-electron chi connectivity index (χ4n) is 3.25. The zero-order chi connectivity index (χ0) is 17.8. The van der Waals surface area contributed by atoms with Gasteiger partial charge in [0.15, 0.2) is 0 Å². The topological polar surface area (TPSA) is 92.1 Å². The first-order chi connectivity index (χ1) is 11.9. The van der Waals surface area contributed by atoms with E-state index in [-0.39, 0.29) is 16.4 Å². The zero-order valence-corrected chi connectivity index (χ0v) is 14.7. The van der Waals surface area contributed by atoms with Gasteiger partial charge in [0.25, 0.3) is 10.0 Å². The van der Waals surface area contributed by atoms with E-state index >= 15 is 0 Å². The van der Waals surface area contributed by atoms with Gasteiger partial charge in [0.2, 0.25) is 11.8 Å². The summed E-state index contributed by atoms with van der Waals surface area (Å²) in [4.78, 5) is 2.73. The predicted octanol–water partition coefficient (Wildman–Crippen LogP) is 2.76. The van der Waals surface area contributed by atoms with E-state index in [0.717, 1.165) is 12.8 Å². The van der Waals surface area contributed by atoms with Crippen LogP contribution >= 0.6 is 0 Å². The van der Waals surface area contributed by atoms with Crippen LogP contribution in [0.15, 0.2) is 21.6 Å². The van der Waals surface area contributed by atoms with Crippen molar-refractivity contribution in [3.8, 4) is 11.5 Å².